The van der Waals surface area contributed by atoms with E-state index in [9.17, 15) is 0 Å². The second-order valence-electron chi connectivity index (χ2n) is 3.37. The first-order valence-corrected chi connectivity index (χ1v) is 5.37. The van der Waals surface area contributed by atoms with Crippen LogP contribution >= 0.6 is 11.8 Å². The van der Waals surface area contributed by atoms with E-state index in [0.717, 1.165) is 0 Å². The van der Waals surface area contributed by atoms with Gasteiger partial charge >= 0.3 is 0 Å². The molecule has 1 nitrogen and oxygen atoms in total. The van der Waals surface area contributed by atoms with Crippen LogP contribution in [0, 0.1) is 0 Å². The lowest BCUT2D eigenvalue weighted by atomic mass is 10.2. The van der Waals surface area contributed by atoms with Crippen LogP contribution in [0.1, 0.15) is 13.8 Å². The van der Waals surface area contributed by atoms with Gasteiger partial charge in [-0.1, -0.05) is 23.9 Å². The summed E-state index contributed by atoms with van der Waals surface area (Å²) in [5.41, 5.74) is 1.32. The molecule has 0 atom stereocenters. The lowest BCUT2D eigenvalue weighted by Gasteiger charge is -2.29. The van der Waals surface area contributed by atoms with Gasteiger partial charge in [0.25, 0.3) is 0 Å². The molecule has 0 spiro atoms. The summed E-state index contributed by atoms with van der Waals surface area (Å²) in [5, 5.41) is 2.14. The fraction of sp³-hybridized carbons (Fsp3) is 0.273. The highest BCUT2D eigenvalue weighted by Gasteiger charge is 2.14. The number of para-hydroxylation sites is 1. The zero-order valence-corrected chi connectivity index (χ0v) is 8.71. The number of hydrogen-bond donors (Lipinski definition) is 0. The molecule has 2 heteroatoms. The van der Waals surface area contributed by atoms with E-state index in [2.05, 4.69) is 54.6 Å². The van der Waals surface area contributed by atoms with Crippen molar-refractivity contribution in [3.8, 4) is 0 Å². The fourth-order valence-electron chi connectivity index (χ4n) is 1.47. The number of benzene rings is 1. The Kier molecular flexibility index (Phi) is 2.32. The van der Waals surface area contributed by atoms with Crippen molar-refractivity contribution < 1.29 is 0 Å². The minimum absolute atomic E-state index is 0.526. The van der Waals surface area contributed by atoms with E-state index in [1.54, 1.807) is 11.8 Å². The van der Waals surface area contributed by atoms with Gasteiger partial charge < -0.3 is 4.90 Å². The molecule has 1 aliphatic rings. The van der Waals surface area contributed by atoms with E-state index >= 15 is 0 Å². The first-order valence-electron chi connectivity index (χ1n) is 4.50. The van der Waals surface area contributed by atoms with Crippen LogP contribution in [0.5, 0.6) is 0 Å². The standard InChI is InChI=1S/C11H13NS/c1-9(2)12-7-8-13-11-6-4-3-5-10(11)12/h3-9H,1-2H3. The van der Waals surface area contributed by atoms with Gasteiger partial charge in [0.2, 0.25) is 0 Å². The van der Waals surface area contributed by atoms with E-state index in [1.807, 2.05) is 0 Å². The molecule has 0 aromatic heterocycles. The second-order valence-corrected chi connectivity index (χ2v) is 4.32. The molecule has 0 aliphatic carbocycles. The van der Waals surface area contributed by atoms with E-state index in [1.165, 1.54) is 10.6 Å². The highest BCUT2D eigenvalue weighted by Crippen LogP contribution is 2.35. The van der Waals surface area contributed by atoms with Crippen LogP contribution < -0.4 is 4.90 Å². The van der Waals surface area contributed by atoms with E-state index in [-0.39, 0.29) is 0 Å². The average molecular weight is 191 g/mol. The predicted octanol–water partition coefficient (Wildman–Crippen LogP) is 3.48. The molecule has 0 amide bonds. The van der Waals surface area contributed by atoms with Gasteiger partial charge in [-0.2, -0.15) is 0 Å². The van der Waals surface area contributed by atoms with Gasteiger partial charge in [-0.25, -0.2) is 0 Å². The molecule has 0 saturated heterocycles. The number of anilines is 1. The number of rotatable bonds is 1. The maximum absolute atomic E-state index is 2.30. The Balaban J connectivity index is 2.42. The Morgan fingerprint density at radius 1 is 1.23 bits per heavy atom. The summed E-state index contributed by atoms with van der Waals surface area (Å²) in [7, 11) is 0. The summed E-state index contributed by atoms with van der Waals surface area (Å²) >= 11 is 1.79. The molecular formula is C11H13NS. The van der Waals surface area contributed by atoms with Gasteiger partial charge in [0, 0.05) is 17.1 Å². The van der Waals surface area contributed by atoms with Gasteiger partial charge in [0.1, 0.15) is 0 Å². The number of nitrogens with zero attached hydrogens (tertiary/aromatic N) is 1. The quantitative estimate of drug-likeness (QED) is 0.668. The van der Waals surface area contributed by atoms with Crippen LogP contribution in [-0.2, 0) is 0 Å². The highest BCUT2D eigenvalue weighted by atomic mass is 32.2. The monoisotopic (exact) mass is 191 g/mol. The highest BCUT2D eigenvalue weighted by molar-refractivity contribution is 8.02. The van der Waals surface area contributed by atoms with E-state index in [0.29, 0.717) is 6.04 Å². The molecule has 0 radical (unpaired) electrons. The van der Waals surface area contributed by atoms with Crippen molar-refractivity contribution in [3.05, 3.63) is 35.9 Å². The van der Waals surface area contributed by atoms with Crippen LogP contribution in [0.25, 0.3) is 0 Å². The summed E-state index contributed by atoms with van der Waals surface area (Å²) in [5.74, 6) is 0. The first-order chi connectivity index (χ1) is 6.29. The molecule has 68 valence electrons. The van der Waals surface area contributed by atoms with E-state index in [4.69, 9.17) is 0 Å². The Morgan fingerprint density at radius 2 is 2.00 bits per heavy atom. The van der Waals surface area contributed by atoms with Crippen LogP contribution in [0.15, 0.2) is 40.8 Å². The molecule has 1 aromatic carbocycles. The normalized spacial score (nSPS) is 14.8. The SMILES string of the molecule is CC(C)N1C=CSc2ccccc21. The molecule has 1 heterocycles. The topological polar surface area (TPSA) is 3.24 Å². The average Bonchev–Trinajstić information content (AvgIpc) is 2.17. The lowest BCUT2D eigenvalue weighted by molar-refractivity contribution is 0.775. The molecule has 0 saturated carbocycles. The van der Waals surface area contributed by atoms with Gasteiger partial charge in [0.05, 0.1) is 5.69 Å². The predicted molar refractivity (Wildman–Crippen MR) is 59.1 cm³/mol. The largest absolute Gasteiger partial charge is 0.344 e. The summed E-state index contributed by atoms with van der Waals surface area (Å²) in [4.78, 5) is 3.64. The summed E-state index contributed by atoms with van der Waals surface area (Å²) in [6.07, 6.45) is 2.15. The Hall–Kier alpha value is -0.890. The minimum atomic E-state index is 0.526. The third-order valence-corrected chi connectivity index (χ3v) is 2.97. The van der Waals surface area contributed by atoms with Crippen molar-refractivity contribution in [2.75, 3.05) is 4.90 Å². The van der Waals surface area contributed by atoms with Crippen LogP contribution in [0.2, 0.25) is 0 Å². The Bertz CT molecular complexity index is 331. The summed E-state index contributed by atoms with van der Waals surface area (Å²) < 4.78 is 0. The van der Waals surface area contributed by atoms with Gasteiger partial charge in [-0.3, -0.25) is 0 Å². The molecule has 0 unspecified atom stereocenters. The van der Waals surface area contributed by atoms with Crippen molar-refractivity contribution in [1.82, 2.24) is 0 Å². The molecule has 0 N–H and O–H groups in total. The molecule has 1 aliphatic heterocycles. The van der Waals surface area contributed by atoms with Crippen LogP contribution in [0.3, 0.4) is 0 Å². The number of fused-ring (bicyclic) bond motifs is 1. The smallest absolute Gasteiger partial charge is 0.0550 e. The van der Waals surface area contributed by atoms with Crippen LogP contribution in [-0.4, -0.2) is 6.04 Å². The second kappa shape index (κ2) is 3.46. The van der Waals surface area contributed by atoms with Crippen molar-refractivity contribution in [1.29, 1.82) is 0 Å². The zero-order valence-electron chi connectivity index (χ0n) is 7.90. The van der Waals surface area contributed by atoms with E-state index < -0.39 is 0 Å². The van der Waals surface area contributed by atoms with Crippen LogP contribution in [0.4, 0.5) is 5.69 Å². The minimum Gasteiger partial charge on any atom is -0.344 e. The maximum atomic E-state index is 2.30. The van der Waals surface area contributed by atoms with Crippen molar-refractivity contribution in [2.24, 2.45) is 0 Å². The van der Waals surface area contributed by atoms with Crippen molar-refractivity contribution in [3.63, 3.8) is 0 Å². The van der Waals surface area contributed by atoms with Gasteiger partial charge in [-0.05, 0) is 31.4 Å². The summed E-state index contributed by atoms with van der Waals surface area (Å²) in [6.45, 7) is 4.41. The van der Waals surface area contributed by atoms with Crippen molar-refractivity contribution >= 4 is 17.4 Å². The third kappa shape index (κ3) is 1.59. The number of thioether (sulfide) groups is 1. The van der Waals surface area contributed by atoms with Gasteiger partial charge in [0.15, 0.2) is 0 Å². The summed E-state index contributed by atoms with van der Waals surface area (Å²) in [6, 6.07) is 9.04. The molecule has 0 fully saturated rings. The number of hydrogen-bond acceptors (Lipinski definition) is 2. The maximum Gasteiger partial charge on any atom is 0.0550 e. The molecule has 1 aromatic rings. The van der Waals surface area contributed by atoms with Crippen molar-refractivity contribution in [2.45, 2.75) is 24.8 Å². The van der Waals surface area contributed by atoms with Gasteiger partial charge in [-0.15, -0.1) is 0 Å². The third-order valence-electron chi connectivity index (χ3n) is 2.12. The lowest BCUT2D eigenvalue weighted by Crippen LogP contribution is -2.26. The molecular weight excluding hydrogens is 178 g/mol. The molecule has 2 rings (SSSR count). The Labute approximate surface area is 83.4 Å². The Morgan fingerprint density at radius 3 is 2.77 bits per heavy atom. The molecule has 0 bridgehead atoms. The zero-order chi connectivity index (χ0) is 9.26. The fourth-order valence-corrected chi connectivity index (χ4v) is 2.26. The first kappa shape index (κ1) is 8.70. The molecule has 13 heavy (non-hydrogen) atoms.